The second-order valence-corrected chi connectivity index (χ2v) is 4.43. The molecule has 0 aliphatic heterocycles. The van der Waals surface area contributed by atoms with Crippen molar-refractivity contribution in [1.82, 2.24) is 0 Å². The minimum atomic E-state index is -1.05. The van der Waals surface area contributed by atoms with Gasteiger partial charge in [0.1, 0.15) is 6.10 Å². The van der Waals surface area contributed by atoms with Crippen LogP contribution in [0.15, 0.2) is 55.1 Å². The zero-order valence-electron chi connectivity index (χ0n) is 12.3. The van der Waals surface area contributed by atoms with Crippen LogP contribution >= 0.6 is 0 Å². The van der Waals surface area contributed by atoms with Gasteiger partial charge in [0.25, 0.3) is 0 Å². The van der Waals surface area contributed by atoms with E-state index in [0.29, 0.717) is 12.0 Å². The Morgan fingerprint density at radius 3 is 2.43 bits per heavy atom. The first-order valence-corrected chi connectivity index (χ1v) is 6.74. The van der Waals surface area contributed by atoms with Gasteiger partial charge < -0.3 is 9.47 Å². The third kappa shape index (κ3) is 5.65. The van der Waals surface area contributed by atoms with Crippen molar-refractivity contribution < 1.29 is 19.1 Å². The average Bonchev–Trinajstić information content (AvgIpc) is 2.46. The Kier molecular flexibility index (Phi) is 6.95. The highest BCUT2D eigenvalue weighted by molar-refractivity contribution is 5.80. The van der Waals surface area contributed by atoms with Gasteiger partial charge in [0, 0.05) is 18.9 Å². The minimum absolute atomic E-state index is 0.415. The fourth-order valence-corrected chi connectivity index (χ4v) is 1.80. The van der Waals surface area contributed by atoms with Gasteiger partial charge in [-0.3, -0.25) is 4.79 Å². The summed E-state index contributed by atoms with van der Waals surface area (Å²) in [5.74, 6) is -1.13. The maximum Gasteiger partial charge on any atom is 0.352 e. The van der Waals surface area contributed by atoms with E-state index < -0.39 is 24.1 Å². The lowest BCUT2D eigenvalue weighted by atomic mass is 10.1. The van der Waals surface area contributed by atoms with Gasteiger partial charge in [0.2, 0.25) is 6.10 Å². The second kappa shape index (κ2) is 8.74. The summed E-state index contributed by atoms with van der Waals surface area (Å²) in [5.41, 5.74) is 0.579. The smallest absolute Gasteiger partial charge is 0.352 e. The number of carbonyl (C=O) groups is 2. The number of allylic oxidation sites excluding steroid dienone is 1. The second-order valence-electron chi connectivity index (χ2n) is 4.43. The summed E-state index contributed by atoms with van der Waals surface area (Å²) in [6, 6.07) is 8.79. The number of esters is 2. The van der Waals surface area contributed by atoms with Gasteiger partial charge >= 0.3 is 11.9 Å². The van der Waals surface area contributed by atoms with Crippen molar-refractivity contribution in [2.24, 2.45) is 0 Å². The first kappa shape index (κ1) is 16.7. The van der Waals surface area contributed by atoms with Crippen LogP contribution in [0, 0.1) is 0 Å². The highest BCUT2D eigenvalue weighted by Crippen LogP contribution is 2.20. The topological polar surface area (TPSA) is 52.6 Å². The molecule has 112 valence electrons. The van der Waals surface area contributed by atoms with Crippen molar-refractivity contribution in [3.8, 4) is 0 Å². The van der Waals surface area contributed by atoms with Crippen LogP contribution in [0.4, 0.5) is 0 Å². The molecule has 2 atom stereocenters. The Labute approximate surface area is 125 Å². The number of benzene rings is 1. The van der Waals surface area contributed by atoms with Crippen LogP contribution in [-0.2, 0) is 19.1 Å². The molecule has 0 fully saturated rings. The molecule has 21 heavy (non-hydrogen) atoms. The highest BCUT2D eigenvalue weighted by Gasteiger charge is 2.26. The van der Waals surface area contributed by atoms with Crippen molar-refractivity contribution in [3.05, 3.63) is 60.7 Å². The van der Waals surface area contributed by atoms with Crippen molar-refractivity contribution in [2.45, 2.75) is 32.5 Å². The van der Waals surface area contributed by atoms with E-state index in [9.17, 15) is 9.59 Å². The SMILES string of the molecule is C=CC[C@@H](/C=C/C)OC(=O)[C@@H](OC(C)=O)c1ccccc1. The van der Waals surface area contributed by atoms with Gasteiger partial charge in [-0.2, -0.15) is 0 Å². The summed E-state index contributed by atoms with van der Waals surface area (Å²) < 4.78 is 10.5. The van der Waals surface area contributed by atoms with Crippen LogP contribution in [0.5, 0.6) is 0 Å². The van der Waals surface area contributed by atoms with Crippen LogP contribution in [0.25, 0.3) is 0 Å². The Balaban J connectivity index is 2.90. The number of hydrogen-bond acceptors (Lipinski definition) is 4. The number of carbonyl (C=O) groups excluding carboxylic acids is 2. The molecule has 4 heteroatoms. The number of rotatable bonds is 7. The van der Waals surface area contributed by atoms with E-state index in [1.807, 2.05) is 13.0 Å². The zero-order valence-corrected chi connectivity index (χ0v) is 12.3. The van der Waals surface area contributed by atoms with Crippen LogP contribution in [0.3, 0.4) is 0 Å². The summed E-state index contributed by atoms with van der Waals surface area (Å²) in [4.78, 5) is 23.5. The van der Waals surface area contributed by atoms with E-state index in [4.69, 9.17) is 9.47 Å². The standard InChI is InChI=1S/C17H20O4/c1-4-9-15(10-5-2)21-17(19)16(20-13(3)18)14-11-7-6-8-12-14/h4-8,10-12,15-16H,1,9H2,2-3H3/b10-5+/t15-,16-/m0/s1. The first-order valence-electron chi connectivity index (χ1n) is 6.74. The lowest BCUT2D eigenvalue weighted by Crippen LogP contribution is -2.25. The van der Waals surface area contributed by atoms with Crippen molar-refractivity contribution in [2.75, 3.05) is 0 Å². The molecule has 0 spiro atoms. The molecule has 0 saturated carbocycles. The zero-order chi connectivity index (χ0) is 15.7. The molecule has 0 radical (unpaired) electrons. The van der Waals surface area contributed by atoms with E-state index in [-0.39, 0.29) is 0 Å². The molecule has 0 aromatic heterocycles. The predicted molar refractivity (Wildman–Crippen MR) is 80.5 cm³/mol. The van der Waals surface area contributed by atoms with Crippen LogP contribution in [0.2, 0.25) is 0 Å². The Bertz CT molecular complexity index is 505. The lowest BCUT2D eigenvalue weighted by molar-refractivity contribution is -0.169. The van der Waals surface area contributed by atoms with Crippen LogP contribution in [-0.4, -0.2) is 18.0 Å². The van der Waals surface area contributed by atoms with E-state index in [0.717, 1.165) is 0 Å². The van der Waals surface area contributed by atoms with Gasteiger partial charge in [0.05, 0.1) is 0 Å². The molecule has 0 heterocycles. The van der Waals surface area contributed by atoms with Crippen LogP contribution in [0.1, 0.15) is 31.9 Å². The molecule has 0 saturated heterocycles. The van der Waals surface area contributed by atoms with Crippen LogP contribution < -0.4 is 0 Å². The number of ether oxygens (including phenoxy) is 2. The average molecular weight is 288 g/mol. The third-order valence-electron chi connectivity index (χ3n) is 2.67. The fraction of sp³-hybridized carbons (Fsp3) is 0.294. The molecule has 0 amide bonds. The molecule has 1 aromatic carbocycles. The molecule has 1 aromatic rings. The quantitative estimate of drug-likeness (QED) is 0.570. The van der Waals surface area contributed by atoms with Gasteiger partial charge in [-0.15, -0.1) is 6.58 Å². The van der Waals surface area contributed by atoms with Gasteiger partial charge in [0.15, 0.2) is 0 Å². The monoisotopic (exact) mass is 288 g/mol. The van der Waals surface area contributed by atoms with Gasteiger partial charge in [-0.05, 0) is 13.0 Å². The molecule has 1 rings (SSSR count). The van der Waals surface area contributed by atoms with E-state index in [2.05, 4.69) is 6.58 Å². The van der Waals surface area contributed by atoms with Gasteiger partial charge in [-0.25, -0.2) is 4.79 Å². The molecule has 0 aliphatic carbocycles. The maximum atomic E-state index is 12.3. The molecular weight excluding hydrogens is 268 g/mol. The minimum Gasteiger partial charge on any atom is -0.455 e. The predicted octanol–water partition coefficient (Wildman–Crippen LogP) is 3.35. The molecule has 0 unspecified atom stereocenters. The van der Waals surface area contributed by atoms with Crippen molar-refractivity contribution >= 4 is 11.9 Å². The summed E-state index contributed by atoms with van der Waals surface area (Å²) in [6.07, 6.45) is 4.25. The van der Waals surface area contributed by atoms with E-state index in [1.165, 1.54) is 6.92 Å². The lowest BCUT2D eigenvalue weighted by Gasteiger charge is -2.19. The molecule has 0 N–H and O–H groups in total. The largest absolute Gasteiger partial charge is 0.455 e. The summed E-state index contributed by atoms with van der Waals surface area (Å²) in [5, 5.41) is 0. The van der Waals surface area contributed by atoms with Gasteiger partial charge in [-0.1, -0.05) is 42.5 Å². The van der Waals surface area contributed by atoms with E-state index >= 15 is 0 Å². The normalized spacial score (nSPS) is 13.4. The van der Waals surface area contributed by atoms with Crippen molar-refractivity contribution in [3.63, 3.8) is 0 Å². The number of hydrogen-bond donors (Lipinski definition) is 0. The Morgan fingerprint density at radius 1 is 1.24 bits per heavy atom. The van der Waals surface area contributed by atoms with Crippen molar-refractivity contribution in [1.29, 1.82) is 0 Å². The molecular formula is C17H20O4. The highest BCUT2D eigenvalue weighted by atomic mass is 16.6. The first-order chi connectivity index (χ1) is 10.1. The summed E-state index contributed by atoms with van der Waals surface area (Å²) in [7, 11) is 0. The summed E-state index contributed by atoms with van der Waals surface area (Å²) >= 11 is 0. The molecule has 0 aliphatic rings. The van der Waals surface area contributed by atoms with E-state index in [1.54, 1.807) is 42.5 Å². The molecule has 0 bridgehead atoms. The summed E-state index contributed by atoms with van der Waals surface area (Å²) in [6.45, 7) is 6.73. The Hall–Kier alpha value is -2.36. The molecule has 4 nitrogen and oxygen atoms in total. The fourth-order valence-electron chi connectivity index (χ4n) is 1.80. The third-order valence-corrected chi connectivity index (χ3v) is 2.67. The Morgan fingerprint density at radius 2 is 1.90 bits per heavy atom. The maximum absolute atomic E-state index is 12.3.